The molecule has 0 aromatic heterocycles. The molecule has 5 nitrogen and oxygen atoms in total. The number of hydrogen-bond donors (Lipinski definition) is 1. The first-order valence-corrected chi connectivity index (χ1v) is 11.6. The number of hydrogen-bond acceptors (Lipinski definition) is 3. The maximum atomic E-state index is 13.3. The Balaban J connectivity index is 1.34. The Morgan fingerprint density at radius 1 is 1.03 bits per heavy atom. The second kappa shape index (κ2) is 10.2. The molecule has 2 aromatic rings. The second-order valence-corrected chi connectivity index (χ2v) is 8.91. The van der Waals surface area contributed by atoms with Crippen molar-refractivity contribution in [3.8, 4) is 11.5 Å². The Morgan fingerprint density at radius 2 is 1.81 bits per heavy atom. The zero-order valence-electron chi connectivity index (χ0n) is 18.8. The lowest BCUT2D eigenvalue weighted by molar-refractivity contribution is -0.898. The average Bonchev–Trinajstić information content (AvgIpc) is 3.30. The van der Waals surface area contributed by atoms with Crippen molar-refractivity contribution >= 4 is 5.91 Å². The highest BCUT2D eigenvalue weighted by molar-refractivity contribution is 5.78. The summed E-state index contributed by atoms with van der Waals surface area (Å²) in [6.07, 6.45) is 5.57. The summed E-state index contributed by atoms with van der Waals surface area (Å²) < 4.78 is 11.0. The number of carbonyl (C=O) groups excluding carboxylic acids is 1. The summed E-state index contributed by atoms with van der Waals surface area (Å²) in [6, 6.07) is 16.7. The van der Waals surface area contributed by atoms with E-state index in [-0.39, 0.29) is 11.9 Å². The number of nitrogens with one attached hydrogen (secondary N) is 1. The lowest BCUT2D eigenvalue weighted by Gasteiger charge is -2.32. The van der Waals surface area contributed by atoms with Crippen molar-refractivity contribution in [1.82, 2.24) is 4.90 Å². The molecule has 0 unspecified atom stereocenters. The Morgan fingerprint density at radius 3 is 2.52 bits per heavy atom. The first-order chi connectivity index (χ1) is 15.2. The number of ether oxygens (including phenoxy) is 2. The van der Waals surface area contributed by atoms with E-state index in [2.05, 4.69) is 35.2 Å². The SMILES string of the molecule is COc1ccc(OC)c([C@@H]2CCCN2C(=O)C[NH+]2CCC(Cc3ccccc3)CC2)c1. The van der Waals surface area contributed by atoms with Gasteiger partial charge in [0.05, 0.1) is 33.4 Å². The molecule has 31 heavy (non-hydrogen) atoms. The first kappa shape index (κ1) is 21.7. The summed E-state index contributed by atoms with van der Waals surface area (Å²) in [5.41, 5.74) is 2.49. The van der Waals surface area contributed by atoms with E-state index in [1.54, 1.807) is 14.2 Å². The minimum Gasteiger partial charge on any atom is -0.497 e. The van der Waals surface area contributed by atoms with E-state index >= 15 is 0 Å². The van der Waals surface area contributed by atoms with Crippen LogP contribution in [0.1, 0.15) is 42.9 Å². The molecule has 1 atom stereocenters. The maximum Gasteiger partial charge on any atom is 0.278 e. The minimum atomic E-state index is 0.0765. The number of likely N-dealkylation sites (tertiary alicyclic amines) is 2. The fourth-order valence-corrected chi connectivity index (χ4v) is 5.22. The third-order valence-electron chi connectivity index (χ3n) is 6.95. The molecule has 5 heteroatoms. The Kier molecular flexibility index (Phi) is 7.13. The predicted octanol–water partition coefficient (Wildman–Crippen LogP) is 2.90. The van der Waals surface area contributed by atoms with Gasteiger partial charge < -0.3 is 19.3 Å². The zero-order valence-corrected chi connectivity index (χ0v) is 18.8. The smallest absolute Gasteiger partial charge is 0.278 e. The fraction of sp³-hybridized carbons (Fsp3) is 0.500. The number of carbonyl (C=O) groups is 1. The van der Waals surface area contributed by atoms with Crippen LogP contribution in [0.5, 0.6) is 11.5 Å². The van der Waals surface area contributed by atoms with Crippen LogP contribution in [0.4, 0.5) is 0 Å². The van der Waals surface area contributed by atoms with Gasteiger partial charge in [-0.05, 0) is 61.8 Å². The normalized spacial score (nSPS) is 23.5. The van der Waals surface area contributed by atoms with E-state index in [1.807, 2.05) is 18.2 Å². The standard InChI is InChI=1S/C26H34N2O3/c1-30-22-10-11-25(31-2)23(18-22)24-9-6-14-28(24)26(29)19-27-15-12-21(13-16-27)17-20-7-4-3-5-8-20/h3-5,7-8,10-11,18,21,24H,6,9,12-17,19H2,1-2H3/p+1/t24-/m0/s1. The summed E-state index contributed by atoms with van der Waals surface area (Å²) in [7, 11) is 3.37. The van der Waals surface area contributed by atoms with Crippen molar-refractivity contribution in [3.05, 3.63) is 59.7 Å². The molecule has 2 aliphatic heterocycles. The molecule has 0 saturated carbocycles. The lowest BCUT2D eigenvalue weighted by atomic mass is 9.90. The highest BCUT2D eigenvalue weighted by Crippen LogP contribution is 2.38. The number of quaternary nitrogens is 1. The monoisotopic (exact) mass is 423 g/mol. The van der Waals surface area contributed by atoms with Gasteiger partial charge in [0, 0.05) is 12.1 Å². The Hall–Kier alpha value is -2.53. The Bertz CT molecular complexity index is 862. The van der Waals surface area contributed by atoms with E-state index in [0.717, 1.165) is 61.9 Å². The maximum absolute atomic E-state index is 13.3. The largest absolute Gasteiger partial charge is 0.497 e. The lowest BCUT2D eigenvalue weighted by Crippen LogP contribution is -3.14. The molecule has 166 valence electrons. The van der Waals surface area contributed by atoms with E-state index in [9.17, 15) is 4.79 Å². The van der Waals surface area contributed by atoms with Gasteiger partial charge in [-0.15, -0.1) is 0 Å². The Labute approximate surface area is 185 Å². The van der Waals surface area contributed by atoms with Gasteiger partial charge in [0.2, 0.25) is 0 Å². The number of nitrogens with zero attached hydrogens (tertiary/aromatic N) is 1. The van der Waals surface area contributed by atoms with Crippen LogP contribution in [0.25, 0.3) is 0 Å². The summed E-state index contributed by atoms with van der Waals surface area (Å²) in [5.74, 6) is 2.64. The molecule has 1 N–H and O–H groups in total. The van der Waals surface area contributed by atoms with Crippen LogP contribution in [0.3, 0.4) is 0 Å². The van der Waals surface area contributed by atoms with Crippen molar-refractivity contribution < 1.29 is 19.2 Å². The fourth-order valence-electron chi connectivity index (χ4n) is 5.22. The van der Waals surface area contributed by atoms with Crippen LogP contribution >= 0.6 is 0 Å². The molecule has 0 bridgehead atoms. The van der Waals surface area contributed by atoms with Gasteiger partial charge in [-0.3, -0.25) is 4.79 Å². The molecule has 2 aliphatic rings. The molecule has 0 radical (unpaired) electrons. The van der Waals surface area contributed by atoms with Gasteiger partial charge in [-0.1, -0.05) is 30.3 Å². The summed E-state index contributed by atoms with van der Waals surface area (Å²) in [6.45, 7) is 3.60. The zero-order chi connectivity index (χ0) is 21.6. The van der Waals surface area contributed by atoms with Crippen LogP contribution in [0, 0.1) is 5.92 Å². The summed E-state index contributed by atoms with van der Waals surface area (Å²) >= 11 is 0. The van der Waals surface area contributed by atoms with E-state index in [0.29, 0.717) is 6.54 Å². The topological polar surface area (TPSA) is 43.2 Å². The molecular formula is C26H35N2O3+. The van der Waals surface area contributed by atoms with Crippen molar-refractivity contribution in [2.24, 2.45) is 5.92 Å². The summed E-state index contributed by atoms with van der Waals surface area (Å²) in [5, 5.41) is 0. The highest BCUT2D eigenvalue weighted by atomic mass is 16.5. The van der Waals surface area contributed by atoms with Gasteiger partial charge >= 0.3 is 0 Å². The molecule has 2 aromatic carbocycles. The van der Waals surface area contributed by atoms with Crippen molar-refractivity contribution in [2.75, 3.05) is 40.4 Å². The van der Waals surface area contributed by atoms with Gasteiger partial charge in [-0.2, -0.15) is 0 Å². The number of amides is 1. The van der Waals surface area contributed by atoms with E-state index in [4.69, 9.17) is 9.47 Å². The van der Waals surface area contributed by atoms with Crippen molar-refractivity contribution in [2.45, 2.75) is 38.1 Å². The minimum absolute atomic E-state index is 0.0765. The van der Waals surface area contributed by atoms with E-state index < -0.39 is 0 Å². The number of benzene rings is 2. The molecule has 1 amide bonds. The van der Waals surface area contributed by atoms with Gasteiger partial charge in [0.25, 0.3) is 5.91 Å². The molecule has 0 spiro atoms. The predicted molar refractivity (Wildman–Crippen MR) is 122 cm³/mol. The van der Waals surface area contributed by atoms with Crippen LogP contribution in [0.2, 0.25) is 0 Å². The number of rotatable bonds is 7. The molecular weight excluding hydrogens is 388 g/mol. The molecule has 4 rings (SSSR count). The molecule has 2 fully saturated rings. The van der Waals surface area contributed by atoms with Crippen LogP contribution in [-0.4, -0.2) is 51.2 Å². The van der Waals surface area contributed by atoms with Crippen LogP contribution < -0.4 is 14.4 Å². The number of piperidine rings is 1. The number of methoxy groups -OCH3 is 2. The third-order valence-corrected chi connectivity index (χ3v) is 6.95. The highest BCUT2D eigenvalue weighted by Gasteiger charge is 2.34. The van der Waals surface area contributed by atoms with Gasteiger partial charge in [-0.25, -0.2) is 0 Å². The molecule has 0 aliphatic carbocycles. The van der Waals surface area contributed by atoms with E-state index in [1.165, 1.54) is 23.3 Å². The van der Waals surface area contributed by atoms with Gasteiger partial charge in [0.1, 0.15) is 11.5 Å². The first-order valence-electron chi connectivity index (χ1n) is 11.6. The van der Waals surface area contributed by atoms with Crippen LogP contribution in [0.15, 0.2) is 48.5 Å². The van der Waals surface area contributed by atoms with Crippen molar-refractivity contribution in [1.29, 1.82) is 0 Å². The van der Waals surface area contributed by atoms with Crippen molar-refractivity contribution in [3.63, 3.8) is 0 Å². The van der Waals surface area contributed by atoms with Gasteiger partial charge in [0.15, 0.2) is 6.54 Å². The summed E-state index contributed by atoms with van der Waals surface area (Å²) in [4.78, 5) is 16.8. The third kappa shape index (κ3) is 5.21. The van der Waals surface area contributed by atoms with Crippen LogP contribution in [-0.2, 0) is 11.2 Å². The quantitative estimate of drug-likeness (QED) is 0.745. The second-order valence-electron chi connectivity index (χ2n) is 8.91. The average molecular weight is 424 g/mol. The molecule has 2 heterocycles. The molecule has 2 saturated heterocycles.